The van der Waals surface area contributed by atoms with Gasteiger partial charge in [0.1, 0.15) is 0 Å². The van der Waals surface area contributed by atoms with Gasteiger partial charge in [-0.1, -0.05) is 49.1 Å². The lowest BCUT2D eigenvalue weighted by molar-refractivity contribution is -0.137. The molecule has 116 valence electrons. The number of unbranched alkanes of at least 4 members (excludes halogenated alkanes) is 1. The Kier molecular flexibility index (Phi) is 11.6. The monoisotopic (exact) mass is 300 g/mol. The maximum atomic E-state index is 10.7. The number of rotatable bonds is 8. The summed E-state index contributed by atoms with van der Waals surface area (Å²) >= 11 is 0. The molecule has 0 unspecified atom stereocenters. The van der Waals surface area contributed by atoms with Crippen molar-refractivity contribution >= 4 is 11.9 Å². The second kappa shape index (κ2) is 13.3. The third kappa shape index (κ3) is 13.7. The Morgan fingerprint density at radius 1 is 1.05 bits per heavy atom. The summed E-state index contributed by atoms with van der Waals surface area (Å²) in [6, 6.07) is 0. The van der Waals surface area contributed by atoms with Gasteiger partial charge in [0.05, 0.1) is 12.8 Å². The molecular formula is C18H20O4. The fraction of sp³-hybridized carbons (Fsp3) is 0.333. The van der Waals surface area contributed by atoms with Crippen LogP contribution in [0.3, 0.4) is 0 Å². The number of hydrogen-bond acceptors (Lipinski definition) is 2. The Labute approximate surface area is 131 Å². The molecule has 0 saturated carbocycles. The minimum absolute atomic E-state index is 0.136. The van der Waals surface area contributed by atoms with Gasteiger partial charge in [-0.05, 0) is 23.8 Å². The van der Waals surface area contributed by atoms with Crippen molar-refractivity contribution in [3.63, 3.8) is 0 Å². The van der Waals surface area contributed by atoms with Gasteiger partial charge in [0.25, 0.3) is 0 Å². The van der Waals surface area contributed by atoms with Crippen molar-refractivity contribution < 1.29 is 19.8 Å². The largest absolute Gasteiger partial charge is 0.481 e. The predicted octanol–water partition coefficient (Wildman–Crippen LogP) is 3.17. The first-order chi connectivity index (χ1) is 10.6. The van der Waals surface area contributed by atoms with Gasteiger partial charge in [0, 0.05) is 12.8 Å². The molecule has 0 aliphatic carbocycles. The van der Waals surface area contributed by atoms with Crippen LogP contribution in [0.1, 0.15) is 39.0 Å². The van der Waals surface area contributed by atoms with Crippen LogP contribution in [0.2, 0.25) is 0 Å². The number of carboxylic acid groups (broad SMARTS) is 2. The first kappa shape index (κ1) is 19.3. The molecule has 0 rings (SSSR count). The van der Waals surface area contributed by atoms with Crippen LogP contribution in [0.5, 0.6) is 0 Å². The molecule has 0 saturated heterocycles. The van der Waals surface area contributed by atoms with E-state index < -0.39 is 11.9 Å². The van der Waals surface area contributed by atoms with Gasteiger partial charge in [-0.25, -0.2) is 0 Å². The summed E-state index contributed by atoms with van der Waals surface area (Å²) in [7, 11) is 0. The smallest absolute Gasteiger partial charge is 0.307 e. The van der Waals surface area contributed by atoms with Crippen molar-refractivity contribution in [2.45, 2.75) is 39.0 Å². The topological polar surface area (TPSA) is 74.6 Å². The van der Waals surface area contributed by atoms with E-state index in [-0.39, 0.29) is 12.8 Å². The molecule has 4 nitrogen and oxygen atoms in total. The van der Waals surface area contributed by atoms with Crippen LogP contribution < -0.4 is 0 Å². The zero-order valence-corrected chi connectivity index (χ0v) is 12.6. The summed E-state index contributed by atoms with van der Waals surface area (Å²) in [5, 5.41) is 17.3. The number of aliphatic carboxylic acids is 2. The Hall–Kier alpha value is -2.72. The van der Waals surface area contributed by atoms with Crippen molar-refractivity contribution in [3.05, 3.63) is 36.0 Å². The molecule has 0 aromatic rings. The van der Waals surface area contributed by atoms with Crippen LogP contribution in [0.25, 0.3) is 0 Å². The highest BCUT2D eigenvalue weighted by Crippen LogP contribution is 2.05. The molecule has 0 atom stereocenters. The maximum Gasteiger partial charge on any atom is 0.307 e. The lowest BCUT2D eigenvalue weighted by Gasteiger charge is -1.95. The molecular weight excluding hydrogens is 280 g/mol. The lowest BCUT2D eigenvalue weighted by Crippen LogP contribution is -1.96. The molecule has 22 heavy (non-hydrogen) atoms. The minimum Gasteiger partial charge on any atom is -0.481 e. The Bertz CT molecular complexity index is 572. The van der Waals surface area contributed by atoms with Crippen LogP contribution in [0, 0.1) is 23.7 Å². The van der Waals surface area contributed by atoms with Crippen LogP contribution in [0.4, 0.5) is 0 Å². The Morgan fingerprint density at radius 3 is 2.41 bits per heavy atom. The zero-order chi connectivity index (χ0) is 16.6. The number of carbonyl (C=O) groups is 2. The van der Waals surface area contributed by atoms with E-state index in [1.165, 1.54) is 12.2 Å². The van der Waals surface area contributed by atoms with Crippen molar-refractivity contribution in [2.24, 2.45) is 0 Å². The van der Waals surface area contributed by atoms with Gasteiger partial charge in [0.15, 0.2) is 0 Å². The third-order valence-electron chi connectivity index (χ3n) is 2.26. The second-order valence-corrected chi connectivity index (χ2v) is 4.30. The van der Waals surface area contributed by atoms with E-state index in [0.717, 1.165) is 12.8 Å². The second-order valence-electron chi connectivity index (χ2n) is 4.30. The zero-order valence-electron chi connectivity index (χ0n) is 12.6. The van der Waals surface area contributed by atoms with E-state index in [1.54, 1.807) is 18.2 Å². The van der Waals surface area contributed by atoms with Gasteiger partial charge in [0.2, 0.25) is 0 Å². The molecule has 0 heterocycles. The highest BCUT2D eigenvalue weighted by molar-refractivity contribution is 5.72. The highest BCUT2D eigenvalue weighted by atomic mass is 16.4. The predicted molar refractivity (Wildman–Crippen MR) is 85.9 cm³/mol. The van der Waals surface area contributed by atoms with E-state index in [2.05, 4.69) is 30.6 Å². The summed E-state index contributed by atoms with van der Waals surface area (Å²) in [5.74, 6) is 9.33. The molecule has 0 aromatic carbocycles. The van der Waals surface area contributed by atoms with Crippen molar-refractivity contribution in [1.82, 2.24) is 0 Å². The lowest BCUT2D eigenvalue weighted by atomic mass is 10.1. The average molecular weight is 300 g/mol. The van der Waals surface area contributed by atoms with Gasteiger partial charge in [-0.15, -0.1) is 0 Å². The SMILES string of the molecule is CCCC#CC#CCC=CC=C(C=CCC(=O)O)CC(=O)O. The number of hydrogen-bond donors (Lipinski definition) is 2. The normalized spacial score (nSPS) is 10.9. The van der Waals surface area contributed by atoms with Gasteiger partial charge < -0.3 is 10.2 Å². The third-order valence-corrected chi connectivity index (χ3v) is 2.26. The number of carboxylic acids is 2. The van der Waals surface area contributed by atoms with Crippen molar-refractivity contribution in [1.29, 1.82) is 0 Å². The fourth-order valence-corrected chi connectivity index (χ4v) is 1.30. The first-order valence-corrected chi connectivity index (χ1v) is 6.97. The van der Waals surface area contributed by atoms with Gasteiger partial charge >= 0.3 is 11.9 Å². The van der Waals surface area contributed by atoms with Crippen molar-refractivity contribution in [2.75, 3.05) is 0 Å². The standard InChI is InChI=1S/C18H20O4/c1-2-3-4-5-6-7-8-9-10-12-16(15-18(21)22)13-11-14-17(19)20/h9-13H,2-3,8,14-15H2,1H3,(H,19,20)(H,21,22). The highest BCUT2D eigenvalue weighted by Gasteiger charge is 1.99. The van der Waals surface area contributed by atoms with Crippen molar-refractivity contribution in [3.8, 4) is 23.7 Å². The van der Waals surface area contributed by atoms with Gasteiger partial charge in [-0.3, -0.25) is 9.59 Å². The summed E-state index contributed by atoms with van der Waals surface area (Å²) in [6.45, 7) is 2.05. The molecule has 0 fully saturated rings. The fourth-order valence-electron chi connectivity index (χ4n) is 1.30. The van der Waals surface area contributed by atoms with E-state index in [9.17, 15) is 9.59 Å². The van der Waals surface area contributed by atoms with E-state index >= 15 is 0 Å². The molecule has 0 amide bonds. The quantitative estimate of drug-likeness (QED) is 0.533. The van der Waals surface area contributed by atoms with Crippen LogP contribution in [-0.4, -0.2) is 22.2 Å². The molecule has 4 heteroatoms. The Balaban J connectivity index is 4.48. The Morgan fingerprint density at radius 2 is 1.77 bits per heavy atom. The summed E-state index contributed by atoms with van der Waals surface area (Å²) in [5.41, 5.74) is 0.528. The molecule has 0 aliphatic rings. The molecule has 0 spiro atoms. The summed E-state index contributed by atoms with van der Waals surface area (Å²) in [4.78, 5) is 21.1. The minimum atomic E-state index is -0.967. The molecule has 0 radical (unpaired) electrons. The average Bonchev–Trinajstić information content (AvgIpc) is 2.44. The first-order valence-electron chi connectivity index (χ1n) is 6.97. The molecule has 0 bridgehead atoms. The van der Waals surface area contributed by atoms with E-state index in [0.29, 0.717) is 12.0 Å². The van der Waals surface area contributed by atoms with Crippen LogP contribution in [0.15, 0.2) is 36.0 Å². The van der Waals surface area contributed by atoms with Crippen LogP contribution in [-0.2, 0) is 9.59 Å². The number of allylic oxidation sites excluding steroid dienone is 4. The summed E-state index contributed by atoms with van der Waals surface area (Å²) < 4.78 is 0. The maximum absolute atomic E-state index is 10.7. The van der Waals surface area contributed by atoms with E-state index in [1.807, 2.05) is 0 Å². The molecule has 2 N–H and O–H groups in total. The van der Waals surface area contributed by atoms with Gasteiger partial charge in [-0.2, -0.15) is 0 Å². The summed E-state index contributed by atoms with van der Waals surface area (Å²) in [6.07, 6.45) is 10.2. The molecule has 0 aromatic heterocycles. The van der Waals surface area contributed by atoms with E-state index in [4.69, 9.17) is 10.2 Å². The van der Waals surface area contributed by atoms with Crippen LogP contribution >= 0.6 is 0 Å². The molecule has 0 aliphatic heterocycles.